The van der Waals surface area contributed by atoms with Gasteiger partial charge in [-0.15, -0.1) is 0 Å². The number of pyridine rings is 1. The van der Waals surface area contributed by atoms with E-state index in [4.69, 9.17) is 0 Å². The quantitative estimate of drug-likeness (QED) is 0.722. The van der Waals surface area contributed by atoms with Crippen molar-refractivity contribution in [2.45, 2.75) is 20.4 Å². The van der Waals surface area contributed by atoms with Gasteiger partial charge in [0, 0.05) is 30.7 Å². The van der Waals surface area contributed by atoms with Crippen LogP contribution in [0.15, 0.2) is 30.7 Å². The fraction of sp³-hybridized carbons (Fsp3) is 0.273. The van der Waals surface area contributed by atoms with Crippen molar-refractivity contribution in [1.82, 2.24) is 14.8 Å². The van der Waals surface area contributed by atoms with Gasteiger partial charge < -0.3 is 0 Å². The van der Waals surface area contributed by atoms with Crippen molar-refractivity contribution < 1.29 is 0 Å². The van der Waals surface area contributed by atoms with Gasteiger partial charge in [-0.1, -0.05) is 0 Å². The van der Waals surface area contributed by atoms with Gasteiger partial charge in [0.15, 0.2) is 0 Å². The lowest BCUT2D eigenvalue weighted by atomic mass is 10.1. The Labute approximate surface area is 83.4 Å². The van der Waals surface area contributed by atoms with E-state index in [0.29, 0.717) is 0 Å². The van der Waals surface area contributed by atoms with Crippen LogP contribution in [0.25, 0.3) is 11.3 Å². The molecule has 0 saturated carbocycles. The lowest BCUT2D eigenvalue weighted by Crippen LogP contribution is -1.99. The Kier molecular flexibility index (Phi) is 2.31. The Morgan fingerprint density at radius 1 is 1.29 bits per heavy atom. The highest BCUT2D eigenvalue weighted by Crippen LogP contribution is 2.21. The van der Waals surface area contributed by atoms with E-state index in [1.54, 1.807) is 0 Å². The van der Waals surface area contributed by atoms with Crippen molar-refractivity contribution in [2.24, 2.45) is 0 Å². The summed E-state index contributed by atoms with van der Waals surface area (Å²) in [7, 11) is 0. The molecule has 2 aromatic rings. The molecule has 0 aliphatic carbocycles. The molecule has 0 aliphatic rings. The number of hydrogen-bond donors (Lipinski definition) is 0. The maximum Gasteiger partial charge on any atom is 0.0685 e. The summed E-state index contributed by atoms with van der Waals surface area (Å²) in [6.45, 7) is 5.05. The molecule has 0 atom stereocenters. The van der Waals surface area contributed by atoms with Crippen LogP contribution < -0.4 is 0 Å². The van der Waals surface area contributed by atoms with Crippen LogP contribution in [-0.4, -0.2) is 14.8 Å². The number of aryl methyl sites for hydroxylation is 2. The van der Waals surface area contributed by atoms with Crippen molar-refractivity contribution in [2.75, 3.05) is 0 Å². The molecule has 3 heteroatoms. The summed E-state index contributed by atoms with van der Waals surface area (Å²) in [6.07, 6.45) is 5.52. The van der Waals surface area contributed by atoms with Crippen LogP contribution in [0.1, 0.15) is 12.5 Å². The van der Waals surface area contributed by atoms with Crippen LogP contribution in [0.2, 0.25) is 0 Å². The number of rotatable bonds is 2. The molecule has 0 saturated heterocycles. The lowest BCUT2D eigenvalue weighted by molar-refractivity contribution is 0.667. The smallest absolute Gasteiger partial charge is 0.0685 e. The summed E-state index contributed by atoms with van der Waals surface area (Å²) in [5.41, 5.74) is 3.55. The normalized spacial score (nSPS) is 10.4. The average molecular weight is 187 g/mol. The van der Waals surface area contributed by atoms with Crippen LogP contribution in [0.3, 0.4) is 0 Å². The van der Waals surface area contributed by atoms with Crippen LogP contribution in [0.4, 0.5) is 0 Å². The minimum atomic E-state index is 0.893. The van der Waals surface area contributed by atoms with Gasteiger partial charge in [0.2, 0.25) is 0 Å². The first-order valence-electron chi connectivity index (χ1n) is 4.75. The molecule has 2 rings (SSSR count). The zero-order chi connectivity index (χ0) is 9.97. The van der Waals surface area contributed by atoms with Gasteiger partial charge in [-0.05, 0) is 31.5 Å². The highest BCUT2D eigenvalue weighted by atomic mass is 15.3. The van der Waals surface area contributed by atoms with E-state index in [9.17, 15) is 0 Å². The maximum atomic E-state index is 4.25. The molecule has 0 N–H and O–H groups in total. The van der Waals surface area contributed by atoms with Gasteiger partial charge in [0.25, 0.3) is 0 Å². The molecule has 0 fully saturated rings. The van der Waals surface area contributed by atoms with Gasteiger partial charge >= 0.3 is 0 Å². The van der Waals surface area contributed by atoms with E-state index < -0.39 is 0 Å². The van der Waals surface area contributed by atoms with E-state index in [1.807, 2.05) is 35.4 Å². The van der Waals surface area contributed by atoms with Crippen molar-refractivity contribution >= 4 is 0 Å². The maximum absolute atomic E-state index is 4.25. The van der Waals surface area contributed by atoms with E-state index in [0.717, 1.165) is 12.2 Å². The zero-order valence-corrected chi connectivity index (χ0v) is 8.44. The SMILES string of the molecule is CCn1nccc1-c1ccncc1C. The molecule has 2 aromatic heterocycles. The topological polar surface area (TPSA) is 30.7 Å². The minimum absolute atomic E-state index is 0.893. The van der Waals surface area contributed by atoms with Crippen LogP contribution in [-0.2, 0) is 6.54 Å². The Balaban J connectivity index is 2.54. The highest BCUT2D eigenvalue weighted by molar-refractivity contribution is 5.62. The predicted octanol–water partition coefficient (Wildman–Crippen LogP) is 2.27. The molecular formula is C11H13N3. The Hall–Kier alpha value is -1.64. The summed E-state index contributed by atoms with van der Waals surface area (Å²) < 4.78 is 1.99. The monoisotopic (exact) mass is 187 g/mol. The number of aromatic nitrogens is 3. The molecule has 0 aliphatic heterocycles. The number of nitrogens with zero attached hydrogens (tertiary/aromatic N) is 3. The molecule has 0 bridgehead atoms. The van der Waals surface area contributed by atoms with Crippen molar-refractivity contribution in [3.63, 3.8) is 0 Å². The Bertz CT molecular complexity index is 432. The second-order valence-electron chi connectivity index (χ2n) is 3.22. The Morgan fingerprint density at radius 2 is 2.14 bits per heavy atom. The van der Waals surface area contributed by atoms with E-state index in [1.165, 1.54) is 11.1 Å². The number of hydrogen-bond acceptors (Lipinski definition) is 2. The first-order valence-corrected chi connectivity index (χ1v) is 4.75. The highest BCUT2D eigenvalue weighted by Gasteiger charge is 2.05. The van der Waals surface area contributed by atoms with Crippen LogP contribution in [0.5, 0.6) is 0 Å². The predicted molar refractivity (Wildman–Crippen MR) is 55.9 cm³/mol. The average Bonchev–Trinajstić information content (AvgIpc) is 2.66. The van der Waals surface area contributed by atoms with Gasteiger partial charge in [-0.25, -0.2) is 0 Å². The summed E-state index contributed by atoms with van der Waals surface area (Å²) in [4.78, 5) is 4.08. The third-order valence-electron chi connectivity index (χ3n) is 2.31. The van der Waals surface area contributed by atoms with E-state index in [-0.39, 0.29) is 0 Å². The molecule has 2 heterocycles. The summed E-state index contributed by atoms with van der Waals surface area (Å²) >= 11 is 0. The third kappa shape index (κ3) is 1.41. The van der Waals surface area contributed by atoms with Gasteiger partial charge in [0.05, 0.1) is 5.69 Å². The lowest BCUT2D eigenvalue weighted by Gasteiger charge is -2.06. The first kappa shape index (κ1) is 8.94. The second-order valence-corrected chi connectivity index (χ2v) is 3.22. The molecule has 0 spiro atoms. The van der Waals surface area contributed by atoms with Gasteiger partial charge in [-0.2, -0.15) is 5.10 Å². The molecule has 3 nitrogen and oxygen atoms in total. The van der Waals surface area contributed by atoms with Crippen molar-refractivity contribution in [3.8, 4) is 11.3 Å². The molecule has 72 valence electrons. The fourth-order valence-electron chi connectivity index (χ4n) is 1.57. The second kappa shape index (κ2) is 3.62. The molecular weight excluding hydrogens is 174 g/mol. The molecule has 0 amide bonds. The molecule has 0 radical (unpaired) electrons. The van der Waals surface area contributed by atoms with Crippen LogP contribution >= 0.6 is 0 Å². The zero-order valence-electron chi connectivity index (χ0n) is 8.44. The summed E-state index contributed by atoms with van der Waals surface area (Å²) in [6, 6.07) is 4.06. The minimum Gasteiger partial charge on any atom is -0.265 e. The summed E-state index contributed by atoms with van der Waals surface area (Å²) in [5.74, 6) is 0. The first-order chi connectivity index (χ1) is 6.83. The van der Waals surface area contributed by atoms with Crippen LogP contribution in [0, 0.1) is 6.92 Å². The standard InChI is InChI=1S/C11H13N3/c1-3-14-11(5-7-13-14)10-4-6-12-8-9(10)2/h4-8H,3H2,1-2H3. The fourth-order valence-corrected chi connectivity index (χ4v) is 1.57. The molecule has 0 aromatic carbocycles. The third-order valence-corrected chi connectivity index (χ3v) is 2.31. The van der Waals surface area contributed by atoms with Crippen molar-refractivity contribution in [3.05, 3.63) is 36.3 Å². The van der Waals surface area contributed by atoms with Crippen molar-refractivity contribution in [1.29, 1.82) is 0 Å². The molecule has 14 heavy (non-hydrogen) atoms. The largest absolute Gasteiger partial charge is 0.265 e. The van der Waals surface area contributed by atoms with E-state index >= 15 is 0 Å². The summed E-state index contributed by atoms with van der Waals surface area (Å²) in [5, 5.41) is 4.25. The molecule has 0 unspecified atom stereocenters. The van der Waals surface area contributed by atoms with Gasteiger partial charge in [0.1, 0.15) is 0 Å². The Morgan fingerprint density at radius 3 is 2.86 bits per heavy atom. The van der Waals surface area contributed by atoms with E-state index in [2.05, 4.69) is 23.9 Å². The van der Waals surface area contributed by atoms with Gasteiger partial charge in [-0.3, -0.25) is 9.67 Å².